The van der Waals surface area contributed by atoms with Crippen molar-refractivity contribution in [3.8, 4) is 0 Å². The average Bonchev–Trinajstić information content (AvgIpc) is 2.68. The van der Waals surface area contributed by atoms with Gasteiger partial charge in [-0.15, -0.1) is 0 Å². The molecule has 0 aromatic heterocycles. The van der Waals surface area contributed by atoms with Crippen LogP contribution in [0.2, 0.25) is 0 Å². The van der Waals surface area contributed by atoms with Gasteiger partial charge in [0.2, 0.25) is 0 Å². The van der Waals surface area contributed by atoms with Crippen molar-refractivity contribution in [1.82, 2.24) is 0 Å². The largest absolute Gasteiger partial charge is 0.311 e. The molecule has 0 saturated heterocycles. The highest BCUT2D eigenvalue weighted by molar-refractivity contribution is 5.76. The highest BCUT2D eigenvalue weighted by Crippen LogP contribution is 2.34. The lowest BCUT2D eigenvalue weighted by molar-refractivity contribution is 0.667. The first kappa shape index (κ1) is 17.3. The van der Waals surface area contributed by atoms with Crippen molar-refractivity contribution in [2.45, 2.75) is 39.0 Å². The molecule has 0 atom stereocenters. The molecule has 0 saturated carbocycles. The Labute approximate surface area is 151 Å². The Kier molecular flexibility index (Phi) is 6.28. The molecule has 3 aromatic carbocycles. The number of para-hydroxylation sites is 2. The minimum absolute atomic E-state index is 1.18. The van der Waals surface area contributed by atoms with E-state index in [1.165, 1.54) is 54.7 Å². The molecule has 1 nitrogen and oxygen atoms in total. The molecule has 0 aliphatic carbocycles. The van der Waals surface area contributed by atoms with Crippen LogP contribution in [0.1, 0.15) is 38.2 Å². The van der Waals surface area contributed by atoms with Crippen molar-refractivity contribution in [2.75, 3.05) is 4.90 Å². The van der Waals surface area contributed by atoms with Crippen LogP contribution in [0.3, 0.4) is 0 Å². The van der Waals surface area contributed by atoms with E-state index in [2.05, 4.69) is 96.8 Å². The molecule has 3 aromatic rings. The molecule has 0 spiro atoms. The molecule has 1 heteroatoms. The number of hydrogen-bond acceptors (Lipinski definition) is 1. The van der Waals surface area contributed by atoms with Gasteiger partial charge in [0.25, 0.3) is 0 Å². The lowest BCUT2D eigenvalue weighted by Gasteiger charge is -2.25. The van der Waals surface area contributed by atoms with Gasteiger partial charge < -0.3 is 4.90 Å². The summed E-state index contributed by atoms with van der Waals surface area (Å²) in [5.74, 6) is 0. The van der Waals surface area contributed by atoms with E-state index in [0.29, 0.717) is 0 Å². The van der Waals surface area contributed by atoms with Gasteiger partial charge >= 0.3 is 0 Å². The number of hydrogen-bond donors (Lipinski definition) is 0. The van der Waals surface area contributed by atoms with Crippen molar-refractivity contribution in [3.05, 3.63) is 90.5 Å². The van der Waals surface area contributed by atoms with Crippen LogP contribution < -0.4 is 4.90 Å². The molecule has 0 aliphatic rings. The van der Waals surface area contributed by atoms with Gasteiger partial charge in [-0.25, -0.2) is 0 Å². The Balaban J connectivity index is 1.82. The van der Waals surface area contributed by atoms with Gasteiger partial charge in [0, 0.05) is 17.1 Å². The summed E-state index contributed by atoms with van der Waals surface area (Å²) in [6.45, 7) is 2.26. The predicted molar refractivity (Wildman–Crippen MR) is 109 cm³/mol. The summed E-state index contributed by atoms with van der Waals surface area (Å²) >= 11 is 0. The fourth-order valence-electron chi connectivity index (χ4n) is 3.17. The third-order valence-electron chi connectivity index (χ3n) is 4.54. The van der Waals surface area contributed by atoms with E-state index in [9.17, 15) is 0 Å². The third kappa shape index (κ3) is 4.73. The van der Waals surface area contributed by atoms with Gasteiger partial charge in [-0.3, -0.25) is 0 Å². The second kappa shape index (κ2) is 9.08. The van der Waals surface area contributed by atoms with E-state index in [4.69, 9.17) is 0 Å². The molecular weight excluding hydrogens is 302 g/mol. The number of aryl methyl sites for hydroxylation is 1. The van der Waals surface area contributed by atoms with Crippen molar-refractivity contribution in [1.29, 1.82) is 0 Å². The third-order valence-corrected chi connectivity index (χ3v) is 4.54. The van der Waals surface area contributed by atoms with E-state index >= 15 is 0 Å². The molecule has 128 valence electrons. The second-order valence-corrected chi connectivity index (χ2v) is 6.48. The molecule has 25 heavy (non-hydrogen) atoms. The van der Waals surface area contributed by atoms with Crippen LogP contribution in [0.25, 0.3) is 0 Å². The summed E-state index contributed by atoms with van der Waals surface area (Å²) in [5, 5.41) is 0. The Morgan fingerprint density at radius 2 is 1.08 bits per heavy atom. The van der Waals surface area contributed by atoms with Crippen molar-refractivity contribution < 1.29 is 0 Å². The van der Waals surface area contributed by atoms with Crippen molar-refractivity contribution in [3.63, 3.8) is 0 Å². The van der Waals surface area contributed by atoms with Crippen molar-refractivity contribution >= 4 is 17.1 Å². The number of rotatable bonds is 8. The first-order valence-corrected chi connectivity index (χ1v) is 9.37. The first-order valence-electron chi connectivity index (χ1n) is 9.37. The van der Waals surface area contributed by atoms with Crippen LogP contribution >= 0.6 is 0 Å². The molecule has 3 rings (SSSR count). The molecular formula is C24H27N. The molecule has 0 bridgehead atoms. The highest BCUT2D eigenvalue weighted by atomic mass is 15.1. The van der Waals surface area contributed by atoms with Gasteiger partial charge in [0.05, 0.1) is 0 Å². The number of unbranched alkanes of at least 4 members (excludes halogenated alkanes) is 3. The SMILES string of the molecule is CCCCCCc1ccc(N(c2ccccc2)c2ccccc2)cc1. The lowest BCUT2D eigenvalue weighted by atomic mass is 10.1. The smallest absolute Gasteiger partial charge is 0.0461 e. The van der Waals surface area contributed by atoms with Crippen LogP contribution in [-0.2, 0) is 6.42 Å². The molecule has 0 aliphatic heterocycles. The maximum absolute atomic E-state index is 2.31. The summed E-state index contributed by atoms with van der Waals surface area (Å²) in [6.07, 6.45) is 6.43. The molecule has 0 N–H and O–H groups in total. The molecule has 0 unspecified atom stereocenters. The summed E-state index contributed by atoms with van der Waals surface area (Å²) in [6, 6.07) is 30.2. The van der Waals surface area contributed by atoms with Crippen LogP contribution in [-0.4, -0.2) is 0 Å². The standard InChI is InChI=1S/C24H27N/c1-2-3-4-7-12-21-17-19-24(20-18-21)25(22-13-8-5-9-14-22)23-15-10-6-11-16-23/h5-6,8-11,13-20H,2-4,7,12H2,1H3. The summed E-state index contributed by atoms with van der Waals surface area (Å²) in [4.78, 5) is 2.31. The monoisotopic (exact) mass is 329 g/mol. The zero-order chi connectivity index (χ0) is 17.3. The van der Waals surface area contributed by atoms with Gasteiger partial charge in [0.1, 0.15) is 0 Å². The Hall–Kier alpha value is -2.54. The zero-order valence-electron chi connectivity index (χ0n) is 15.1. The van der Waals surface area contributed by atoms with Gasteiger partial charge in [-0.05, 0) is 54.8 Å². The summed E-state index contributed by atoms with van der Waals surface area (Å²) in [7, 11) is 0. The van der Waals surface area contributed by atoms with E-state index < -0.39 is 0 Å². The van der Waals surface area contributed by atoms with E-state index in [-0.39, 0.29) is 0 Å². The lowest BCUT2D eigenvalue weighted by Crippen LogP contribution is -2.09. The Bertz CT molecular complexity index is 693. The van der Waals surface area contributed by atoms with Gasteiger partial charge in [-0.1, -0.05) is 74.7 Å². The number of nitrogens with zero attached hydrogens (tertiary/aromatic N) is 1. The molecule has 0 fully saturated rings. The zero-order valence-corrected chi connectivity index (χ0v) is 15.1. The summed E-state index contributed by atoms with van der Waals surface area (Å²) in [5.41, 5.74) is 5.00. The van der Waals surface area contributed by atoms with E-state index in [0.717, 1.165) is 0 Å². The predicted octanol–water partition coefficient (Wildman–Crippen LogP) is 7.28. The average molecular weight is 329 g/mol. The Morgan fingerprint density at radius 1 is 0.560 bits per heavy atom. The Morgan fingerprint density at radius 3 is 1.60 bits per heavy atom. The molecule has 0 radical (unpaired) electrons. The van der Waals surface area contributed by atoms with Crippen LogP contribution in [0.4, 0.5) is 17.1 Å². The molecule has 0 amide bonds. The number of anilines is 3. The van der Waals surface area contributed by atoms with E-state index in [1.54, 1.807) is 0 Å². The normalized spacial score (nSPS) is 10.6. The van der Waals surface area contributed by atoms with E-state index in [1.807, 2.05) is 0 Å². The summed E-state index contributed by atoms with van der Waals surface area (Å²) < 4.78 is 0. The topological polar surface area (TPSA) is 3.24 Å². The maximum Gasteiger partial charge on any atom is 0.0461 e. The number of benzene rings is 3. The van der Waals surface area contributed by atoms with Crippen LogP contribution in [0.5, 0.6) is 0 Å². The fourth-order valence-corrected chi connectivity index (χ4v) is 3.17. The van der Waals surface area contributed by atoms with Crippen LogP contribution in [0, 0.1) is 0 Å². The maximum atomic E-state index is 2.31. The quantitative estimate of drug-likeness (QED) is 0.392. The minimum atomic E-state index is 1.18. The van der Waals surface area contributed by atoms with Gasteiger partial charge in [-0.2, -0.15) is 0 Å². The van der Waals surface area contributed by atoms with Crippen molar-refractivity contribution in [2.24, 2.45) is 0 Å². The minimum Gasteiger partial charge on any atom is -0.311 e. The first-order chi connectivity index (χ1) is 12.4. The highest BCUT2D eigenvalue weighted by Gasteiger charge is 2.11. The van der Waals surface area contributed by atoms with Gasteiger partial charge in [0.15, 0.2) is 0 Å². The fraction of sp³-hybridized carbons (Fsp3) is 0.250. The van der Waals surface area contributed by atoms with Crippen LogP contribution in [0.15, 0.2) is 84.9 Å². The second-order valence-electron chi connectivity index (χ2n) is 6.48. The molecule has 0 heterocycles.